The van der Waals surface area contributed by atoms with Crippen LogP contribution in [0.4, 0.5) is 0 Å². The van der Waals surface area contributed by atoms with Gasteiger partial charge in [0.05, 0.1) is 17.6 Å². The van der Waals surface area contributed by atoms with Gasteiger partial charge < -0.3 is 15.0 Å². The molecule has 7 heteroatoms. The number of aromatic nitrogens is 1. The van der Waals surface area contributed by atoms with E-state index in [1.54, 1.807) is 24.4 Å². The van der Waals surface area contributed by atoms with Crippen LogP contribution < -0.4 is 5.32 Å². The number of hydrogen-bond donors (Lipinski definition) is 1. The summed E-state index contributed by atoms with van der Waals surface area (Å²) in [6.45, 7) is -0.530. The summed E-state index contributed by atoms with van der Waals surface area (Å²) in [7, 11) is 2.94. The molecule has 1 aromatic carbocycles. The Morgan fingerprint density at radius 3 is 2.70 bits per heavy atom. The molecule has 0 saturated heterocycles. The van der Waals surface area contributed by atoms with E-state index < -0.39 is 18.5 Å². The second-order valence-electron chi connectivity index (χ2n) is 4.88. The Balaban J connectivity index is 2.02. The van der Waals surface area contributed by atoms with Crippen LogP contribution >= 0.6 is 0 Å². The number of para-hydroxylation sites is 1. The predicted octanol–water partition coefficient (Wildman–Crippen LogP) is 0.596. The molecule has 2 amide bonds. The second-order valence-corrected chi connectivity index (χ2v) is 4.88. The third-order valence-electron chi connectivity index (χ3n) is 3.26. The number of likely N-dealkylation sites (N-methyl/N-ethyl adjacent to an activating group) is 2. The van der Waals surface area contributed by atoms with Gasteiger partial charge in [0, 0.05) is 25.7 Å². The molecule has 0 atom stereocenters. The molecule has 7 nitrogen and oxygen atoms in total. The Morgan fingerprint density at radius 1 is 1.22 bits per heavy atom. The summed E-state index contributed by atoms with van der Waals surface area (Å²) in [5.41, 5.74) is 0.816. The molecule has 2 rings (SSSR count). The third kappa shape index (κ3) is 4.03. The van der Waals surface area contributed by atoms with Crippen molar-refractivity contribution in [1.82, 2.24) is 15.2 Å². The number of rotatable bonds is 5. The fourth-order valence-electron chi connectivity index (χ4n) is 1.97. The minimum atomic E-state index is -0.629. The molecule has 23 heavy (non-hydrogen) atoms. The van der Waals surface area contributed by atoms with Crippen molar-refractivity contribution in [3.63, 3.8) is 0 Å². The fourth-order valence-corrected chi connectivity index (χ4v) is 1.97. The van der Waals surface area contributed by atoms with Crippen LogP contribution in [0.5, 0.6) is 0 Å². The van der Waals surface area contributed by atoms with Crippen molar-refractivity contribution in [2.75, 3.05) is 27.2 Å². The van der Waals surface area contributed by atoms with Crippen molar-refractivity contribution in [1.29, 1.82) is 0 Å². The molecular weight excluding hydrogens is 298 g/mol. The van der Waals surface area contributed by atoms with Gasteiger partial charge in [-0.15, -0.1) is 0 Å². The second kappa shape index (κ2) is 7.35. The first-order chi connectivity index (χ1) is 11.0. The van der Waals surface area contributed by atoms with Crippen LogP contribution in [0.1, 0.15) is 10.4 Å². The Kier molecular flexibility index (Phi) is 5.24. The molecule has 120 valence electrons. The first-order valence-corrected chi connectivity index (χ1v) is 6.98. The van der Waals surface area contributed by atoms with Crippen LogP contribution in [0.25, 0.3) is 10.9 Å². The highest BCUT2D eigenvalue weighted by Crippen LogP contribution is 2.16. The SMILES string of the molecule is CNC(=O)CN(C)C(=O)COC(=O)c1cccc2cccnc12. The van der Waals surface area contributed by atoms with Crippen LogP contribution in [-0.2, 0) is 14.3 Å². The van der Waals surface area contributed by atoms with E-state index in [1.165, 1.54) is 19.0 Å². The predicted molar refractivity (Wildman–Crippen MR) is 83.7 cm³/mol. The van der Waals surface area contributed by atoms with Crippen LogP contribution in [0, 0.1) is 0 Å². The average Bonchev–Trinajstić information content (AvgIpc) is 2.58. The smallest absolute Gasteiger partial charge is 0.340 e. The van der Waals surface area contributed by atoms with Crippen LogP contribution in [0.15, 0.2) is 36.5 Å². The van der Waals surface area contributed by atoms with Gasteiger partial charge in [-0.2, -0.15) is 0 Å². The average molecular weight is 315 g/mol. The minimum absolute atomic E-state index is 0.0945. The van der Waals surface area contributed by atoms with Crippen LogP contribution in [0.2, 0.25) is 0 Å². The molecule has 0 aliphatic heterocycles. The zero-order valence-electron chi connectivity index (χ0n) is 12.9. The molecular formula is C16H17N3O4. The molecule has 0 spiro atoms. The highest BCUT2D eigenvalue weighted by atomic mass is 16.5. The van der Waals surface area contributed by atoms with Gasteiger partial charge in [0.1, 0.15) is 0 Å². The topological polar surface area (TPSA) is 88.6 Å². The zero-order valence-corrected chi connectivity index (χ0v) is 12.9. The van der Waals surface area contributed by atoms with E-state index in [0.29, 0.717) is 11.1 Å². The maximum Gasteiger partial charge on any atom is 0.340 e. The van der Waals surface area contributed by atoms with Crippen molar-refractivity contribution in [3.05, 3.63) is 42.1 Å². The minimum Gasteiger partial charge on any atom is -0.452 e. The largest absolute Gasteiger partial charge is 0.452 e. The molecule has 2 aromatic rings. The molecule has 1 heterocycles. The van der Waals surface area contributed by atoms with Crippen molar-refractivity contribution in [2.45, 2.75) is 0 Å². The number of nitrogens with one attached hydrogen (secondary N) is 1. The lowest BCUT2D eigenvalue weighted by Crippen LogP contribution is -2.39. The number of fused-ring (bicyclic) bond motifs is 1. The molecule has 0 aliphatic carbocycles. The quantitative estimate of drug-likeness (QED) is 0.816. The van der Waals surface area contributed by atoms with Gasteiger partial charge in [-0.25, -0.2) is 4.79 Å². The molecule has 1 aromatic heterocycles. The summed E-state index contributed by atoms with van der Waals surface area (Å²) in [5, 5.41) is 3.22. The number of hydrogen-bond acceptors (Lipinski definition) is 5. The Labute approximate surface area is 133 Å². The lowest BCUT2D eigenvalue weighted by Gasteiger charge is -2.16. The van der Waals surface area contributed by atoms with E-state index in [9.17, 15) is 14.4 Å². The van der Waals surface area contributed by atoms with E-state index >= 15 is 0 Å². The van der Waals surface area contributed by atoms with Gasteiger partial charge in [-0.1, -0.05) is 18.2 Å². The normalized spacial score (nSPS) is 10.2. The summed E-state index contributed by atoms with van der Waals surface area (Å²) in [4.78, 5) is 40.6. The van der Waals surface area contributed by atoms with E-state index in [4.69, 9.17) is 4.74 Å². The number of carbonyl (C=O) groups is 3. The van der Waals surface area contributed by atoms with E-state index in [2.05, 4.69) is 10.3 Å². The number of amides is 2. The number of benzene rings is 1. The van der Waals surface area contributed by atoms with Crippen LogP contribution in [0.3, 0.4) is 0 Å². The van der Waals surface area contributed by atoms with Gasteiger partial charge in [-0.3, -0.25) is 14.6 Å². The Morgan fingerprint density at radius 2 is 1.96 bits per heavy atom. The highest BCUT2D eigenvalue weighted by molar-refractivity contribution is 6.03. The standard InChI is InChI=1S/C16H17N3O4/c1-17-13(20)9-19(2)14(21)10-23-16(22)12-7-3-5-11-6-4-8-18-15(11)12/h3-8H,9-10H2,1-2H3,(H,17,20). The maximum absolute atomic E-state index is 12.2. The number of ether oxygens (including phenoxy) is 1. The third-order valence-corrected chi connectivity index (χ3v) is 3.26. The summed E-state index contributed by atoms with van der Waals surface area (Å²) in [6.07, 6.45) is 1.58. The fraction of sp³-hybridized carbons (Fsp3) is 0.250. The molecule has 1 N–H and O–H groups in total. The maximum atomic E-state index is 12.2. The van der Waals surface area contributed by atoms with E-state index in [0.717, 1.165) is 5.39 Å². The Bertz CT molecular complexity index is 740. The summed E-state index contributed by atoms with van der Waals surface area (Å²) >= 11 is 0. The van der Waals surface area contributed by atoms with Crippen molar-refractivity contribution >= 4 is 28.7 Å². The van der Waals surface area contributed by atoms with E-state index in [1.807, 2.05) is 12.1 Å². The Hall–Kier alpha value is -2.96. The molecule has 0 saturated carbocycles. The van der Waals surface area contributed by atoms with Gasteiger partial charge in [0.15, 0.2) is 6.61 Å². The summed E-state index contributed by atoms with van der Waals surface area (Å²) in [6, 6.07) is 8.76. The molecule has 0 unspecified atom stereocenters. The highest BCUT2D eigenvalue weighted by Gasteiger charge is 2.17. The van der Waals surface area contributed by atoms with Crippen LogP contribution in [-0.4, -0.2) is 54.9 Å². The molecule has 0 aliphatic rings. The summed E-state index contributed by atoms with van der Waals surface area (Å²) < 4.78 is 5.03. The first-order valence-electron chi connectivity index (χ1n) is 6.98. The van der Waals surface area contributed by atoms with Gasteiger partial charge >= 0.3 is 5.97 Å². The van der Waals surface area contributed by atoms with Gasteiger partial charge in [-0.05, 0) is 12.1 Å². The van der Waals surface area contributed by atoms with E-state index in [-0.39, 0.29) is 12.5 Å². The van der Waals surface area contributed by atoms with Gasteiger partial charge in [0.2, 0.25) is 5.91 Å². The lowest BCUT2D eigenvalue weighted by atomic mass is 10.1. The number of nitrogens with zero attached hydrogens (tertiary/aromatic N) is 2. The zero-order chi connectivity index (χ0) is 16.8. The first kappa shape index (κ1) is 16.4. The van der Waals surface area contributed by atoms with Crippen molar-refractivity contribution in [2.24, 2.45) is 0 Å². The van der Waals surface area contributed by atoms with Crippen molar-refractivity contribution < 1.29 is 19.1 Å². The summed E-state index contributed by atoms with van der Waals surface area (Å²) in [5.74, 6) is -1.39. The molecule has 0 radical (unpaired) electrons. The lowest BCUT2D eigenvalue weighted by molar-refractivity contribution is -0.137. The number of pyridine rings is 1. The number of carbonyl (C=O) groups excluding carboxylic acids is 3. The monoisotopic (exact) mass is 315 g/mol. The van der Waals surface area contributed by atoms with Crippen molar-refractivity contribution in [3.8, 4) is 0 Å². The molecule has 0 fully saturated rings. The number of esters is 1. The van der Waals surface area contributed by atoms with Gasteiger partial charge in [0.25, 0.3) is 5.91 Å². The molecule has 0 bridgehead atoms.